The van der Waals surface area contributed by atoms with E-state index in [0.29, 0.717) is 15.1 Å². The second kappa shape index (κ2) is 4.44. The van der Waals surface area contributed by atoms with Crippen LogP contribution in [0.1, 0.15) is 0 Å². The highest BCUT2D eigenvalue weighted by molar-refractivity contribution is 6.44. The van der Waals surface area contributed by atoms with E-state index >= 15 is 0 Å². The van der Waals surface area contributed by atoms with Gasteiger partial charge in [0.15, 0.2) is 0 Å². The molecule has 1 radical (unpaired) electrons. The Bertz CT molecular complexity index is 478. The van der Waals surface area contributed by atoms with Gasteiger partial charge in [0.2, 0.25) is 0 Å². The molecule has 0 aromatic heterocycles. The monoisotopic (exact) mass is 255 g/mol. The molecule has 75 valence electrons. The number of benzene rings is 2. The fraction of sp³-hybridized carbons (Fsp3) is 0. The van der Waals surface area contributed by atoms with E-state index in [0.717, 1.165) is 11.1 Å². The molecule has 0 saturated carbocycles. The Morgan fingerprint density at radius 2 is 1.40 bits per heavy atom. The van der Waals surface area contributed by atoms with Gasteiger partial charge < -0.3 is 0 Å². The summed E-state index contributed by atoms with van der Waals surface area (Å²) in [6, 6.07) is 13.9. The molecule has 0 nitrogen and oxygen atoms in total. The van der Waals surface area contributed by atoms with Crippen molar-refractivity contribution in [3.05, 3.63) is 57.5 Å². The number of hydrogen-bond acceptors (Lipinski definition) is 0. The van der Waals surface area contributed by atoms with Crippen molar-refractivity contribution in [1.29, 1.82) is 0 Å². The lowest BCUT2D eigenvalue weighted by Crippen LogP contribution is -1.80. The van der Waals surface area contributed by atoms with Crippen LogP contribution >= 0.6 is 34.8 Å². The Kier molecular flexibility index (Phi) is 3.20. The molecule has 0 aliphatic heterocycles. The Hall–Kier alpha value is -0.690. The van der Waals surface area contributed by atoms with Crippen molar-refractivity contribution >= 4 is 34.8 Å². The molecule has 0 amide bonds. The summed E-state index contributed by atoms with van der Waals surface area (Å²) in [4.78, 5) is 0. The minimum absolute atomic E-state index is 0.466. The first kappa shape index (κ1) is 10.8. The number of hydrogen-bond donors (Lipinski definition) is 0. The molecular weight excluding hydrogens is 250 g/mol. The van der Waals surface area contributed by atoms with Crippen LogP contribution in [0.25, 0.3) is 11.1 Å². The average molecular weight is 257 g/mol. The van der Waals surface area contributed by atoms with Crippen molar-refractivity contribution in [3.8, 4) is 11.1 Å². The lowest BCUT2D eigenvalue weighted by molar-refractivity contribution is 1.61. The van der Waals surface area contributed by atoms with Gasteiger partial charge >= 0.3 is 0 Å². The summed E-state index contributed by atoms with van der Waals surface area (Å²) in [5, 5.41) is 1.56. The van der Waals surface area contributed by atoms with E-state index < -0.39 is 0 Å². The summed E-state index contributed by atoms with van der Waals surface area (Å²) >= 11 is 17.9. The van der Waals surface area contributed by atoms with Gasteiger partial charge in [-0.1, -0.05) is 59.1 Å². The first-order valence-corrected chi connectivity index (χ1v) is 5.43. The van der Waals surface area contributed by atoms with Gasteiger partial charge in [-0.25, -0.2) is 0 Å². The second-order valence-corrected chi connectivity index (χ2v) is 4.26. The van der Waals surface area contributed by atoms with Crippen molar-refractivity contribution in [2.45, 2.75) is 0 Å². The molecule has 0 fully saturated rings. The van der Waals surface area contributed by atoms with Gasteiger partial charge in [0.1, 0.15) is 0 Å². The topological polar surface area (TPSA) is 0 Å². The number of rotatable bonds is 1. The Labute approximate surface area is 103 Å². The van der Waals surface area contributed by atoms with Gasteiger partial charge in [-0.15, -0.1) is 0 Å². The van der Waals surface area contributed by atoms with Gasteiger partial charge in [0.25, 0.3) is 0 Å². The molecular formula is C12H6Cl3. The highest BCUT2D eigenvalue weighted by Crippen LogP contribution is 2.34. The van der Waals surface area contributed by atoms with Crippen LogP contribution in [-0.4, -0.2) is 0 Å². The first-order chi connectivity index (χ1) is 7.18. The fourth-order valence-electron chi connectivity index (χ4n) is 1.31. The highest BCUT2D eigenvalue weighted by atomic mass is 35.5. The van der Waals surface area contributed by atoms with Crippen molar-refractivity contribution in [2.24, 2.45) is 0 Å². The van der Waals surface area contributed by atoms with Crippen LogP contribution in [0.2, 0.25) is 15.1 Å². The Morgan fingerprint density at radius 3 is 2.07 bits per heavy atom. The minimum atomic E-state index is 0.466. The summed E-state index contributed by atoms with van der Waals surface area (Å²) in [5.74, 6) is 0. The molecule has 0 saturated heterocycles. The van der Waals surface area contributed by atoms with Gasteiger partial charge in [0.05, 0.1) is 10.0 Å². The molecule has 2 aromatic carbocycles. The van der Waals surface area contributed by atoms with E-state index in [9.17, 15) is 0 Å². The largest absolute Gasteiger partial charge is 0.0836 e. The molecule has 0 bridgehead atoms. The van der Waals surface area contributed by atoms with Gasteiger partial charge in [0, 0.05) is 10.6 Å². The van der Waals surface area contributed by atoms with E-state index in [1.807, 2.05) is 24.3 Å². The first-order valence-electron chi connectivity index (χ1n) is 4.29. The summed E-state index contributed by atoms with van der Waals surface area (Å²) < 4.78 is 0. The summed E-state index contributed by atoms with van der Waals surface area (Å²) in [6.45, 7) is 0. The van der Waals surface area contributed by atoms with E-state index in [-0.39, 0.29) is 0 Å². The third-order valence-corrected chi connectivity index (χ3v) is 3.07. The smallest absolute Gasteiger partial charge is 0.0607 e. The van der Waals surface area contributed by atoms with E-state index in [4.69, 9.17) is 34.8 Å². The third kappa shape index (κ3) is 2.28. The van der Waals surface area contributed by atoms with Crippen LogP contribution in [0.3, 0.4) is 0 Å². The van der Waals surface area contributed by atoms with E-state index in [1.165, 1.54) is 0 Å². The molecule has 15 heavy (non-hydrogen) atoms. The maximum Gasteiger partial charge on any atom is 0.0607 e. The molecule has 0 unspecified atom stereocenters. The Morgan fingerprint density at radius 1 is 0.800 bits per heavy atom. The van der Waals surface area contributed by atoms with Crippen molar-refractivity contribution < 1.29 is 0 Å². The van der Waals surface area contributed by atoms with Crippen LogP contribution in [0.4, 0.5) is 0 Å². The van der Waals surface area contributed by atoms with Crippen LogP contribution in [-0.2, 0) is 0 Å². The zero-order valence-corrected chi connectivity index (χ0v) is 9.87. The molecule has 3 heteroatoms. The standard InChI is InChI=1S/C12H6Cl3/c13-10-7-12(15)11(14)6-9(10)8-4-2-1-3-5-8/h2-7H. The SMILES string of the molecule is Clc1cc(Cl)c(-c2cc[c]cc2)cc1Cl. The summed E-state index contributed by atoms with van der Waals surface area (Å²) in [7, 11) is 0. The van der Waals surface area contributed by atoms with E-state index in [2.05, 4.69) is 6.07 Å². The lowest BCUT2D eigenvalue weighted by Gasteiger charge is -2.06. The average Bonchev–Trinajstić information content (AvgIpc) is 2.25. The minimum Gasteiger partial charge on any atom is -0.0836 e. The predicted molar refractivity (Wildman–Crippen MR) is 65.7 cm³/mol. The summed E-state index contributed by atoms with van der Waals surface area (Å²) in [5.41, 5.74) is 1.87. The predicted octanol–water partition coefficient (Wildman–Crippen LogP) is 5.11. The van der Waals surface area contributed by atoms with Gasteiger partial charge in [-0.3, -0.25) is 0 Å². The van der Waals surface area contributed by atoms with Crippen LogP contribution in [0.5, 0.6) is 0 Å². The molecule has 0 heterocycles. The van der Waals surface area contributed by atoms with Crippen LogP contribution < -0.4 is 0 Å². The van der Waals surface area contributed by atoms with Crippen molar-refractivity contribution in [1.82, 2.24) is 0 Å². The lowest BCUT2D eigenvalue weighted by atomic mass is 10.1. The van der Waals surface area contributed by atoms with Crippen LogP contribution in [0, 0.1) is 6.07 Å². The maximum absolute atomic E-state index is 6.08. The van der Waals surface area contributed by atoms with Gasteiger partial charge in [-0.05, 0) is 23.8 Å². The summed E-state index contributed by atoms with van der Waals surface area (Å²) in [6.07, 6.45) is 0. The molecule has 2 rings (SSSR count). The zero-order valence-electron chi connectivity index (χ0n) is 7.60. The van der Waals surface area contributed by atoms with Gasteiger partial charge in [-0.2, -0.15) is 0 Å². The van der Waals surface area contributed by atoms with Crippen molar-refractivity contribution in [3.63, 3.8) is 0 Å². The molecule has 0 aliphatic carbocycles. The normalized spacial score (nSPS) is 10.3. The van der Waals surface area contributed by atoms with Crippen molar-refractivity contribution in [2.75, 3.05) is 0 Å². The quantitative estimate of drug-likeness (QED) is 0.622. The molecule has 0 aliphatic rings. The van der Waals surface area contributed by atoms with E-state index in [1.54, 1.807) is 12.1 Å². The van der Waals surface area contributed by atoms with Crippen LogP contribution in [0.15, 0.2) is 36.4 Å². The molecule has 0 atom stereocenters. The number of halogens is 3. The maximum atomic E-state index is 6.08. The fourth-order valence-corrected chi connectivity index (χ4v) is 1.97. The Balaban J connectivity index is 2.59. The second-order valence-electron chi connectivity index (χ2n) is 3.03. The molecule has 0 N–H and O–H groups in total. The third-order valence-electron chi connectivity index (χ3n) is 2.04. The highest BCUT2D eigenvalue weighted by Gasteiger charge is 2.07. The molecule has 0 spiro atoms. The zero-order chi connectivity index (χ0) is 10.8. The molecule has 2 aromatic rings.